The van der Waals surface area contributed by atoms with Crippen LogP contribution in [0.2, 0.25) is 0 Å². The van der Waals surface area contributed by atoms with Gasteiger partial charge in [0, 0.05) is 43.2 Å². The number of aliphatic hydroxyl groups excluding tert-OH is 1. The van der Waals surface area contributed by atoms with Gasteiger partial charge in [-0.25, -0.2) is 0 Å². The second kappa shape index (κ2) is 5.53. The van der Waals surface area contributed by atoms with Gasteiger partial charge in [-0.1, -0.05) is 6.92 Å². The summed E-state index contributed by atoms with van der Waals surface area (Å²) in [5.41, 5.74) is 0. The highest BCUT2D eigenvalue weighted by Gasteiger charge is 2.23. The molecule has 1 aliphatic carbocycles. The van der Waals surface area contributed by atoms with Crippen LogP contribution in [0.1, 0.15) is 19.8 Å². The fourth-order valence-electron chi connectivity index (χ4n) is 2.01. The van der Waals surface area contributed by atoms with E-state index >= 15 is 0 Å². The van der Waals surface area contributed by atoms with E-state index in [-0.39, 0.29) is 6.10 Å². The number of hydrogen-bond acceptors (Lipinski definition) is 4. The summed E-state index contributed by atoms with van der Waals surface area (Å²) in [6, 6.07) is 0.704. The fraction of sp³-hybridized carbons (Fsp3) is 1.00. The molecule has 88 valence electrons. The van der Waals surface area contributed by atoms with Crippen molar-refractivity contribution in [3.63, 3.8) is 0 Å². The van der Waals surface area contributed by atoms with Crippen LogP contribution in [0.15, 0.2) is 0 Å². The van der Waals surface area contributed by atoms with Crippen LogP contribution in [-0.4, -0.2) is 59.3 Å². The van der Waals surface area contributed by atoms with E-state index in [9.17, 15) is 5.11 Å². The number of β-amino-alcohol motifs (C(OH)–C–C–N with tert-alkyl or cyclic N) is 1. The van der Waals surface area contributed by atoms with Gasteiger partial charge in [0.25, 0.3) is 0 Å². The average Bonchev–Trinajstić information content (AvgIpc) is 2.98. The first kappa shape index (κ1) is 11.7. The standard InChI is InChI=1S/C11H22N2OS/c1-9-7-13(4-5-15-9)8-11(14)6-12-10-2-3-10/h9-12,14H,2-8H2,1H3. The number of nitrogens with one attached hydrogen (secondary N) is 1. The molecule has 4 heteroatoms. The summed E-state index contributed by atoms with van der Waals surface area (Å²) in [4.78, 5) is 2.39. The van der Waals surface area contributed by atoms with Crippen LogP contribution in [0.5, 0.6) is 0 Å². The minimum atomic E-state index is -0.194. The lowest BCUT2D eigenvalue weighted by molar-refractivity contribution is 0.113. The molecule has 1 saturated heterocycles. The first-order valence-electron chi connectivity index (χ1n) is 5.99. The van der Waals surface area contributed by atoms with Gasteiger partial charge in [0.05, 0.1) is 6.10 Å². The summed E-state index contributed by atoms with van der Waals surface area (Å²) in [7, 11) is 0. The predicted octanol–water partition coefficient (Wildman–Crippen LogP) is 0.537. The largest absolute Gasteiger partial charge is 0.390 e. The van der Waals surface area contributed by atoms with Crippen LogP contribution in [-0.2, 0) is 0 Å². The number of thioether (sulfide) groups is 1. The molecular weight excluding hydrogens is 208 g/mol. The Morgan fingerprint density at radius 1 is 1.53 bits per heavy atom. The second-order valence-corrected chi connectivity index (χ2v) is 6.32. The molecule has 1 aliphatic heterocycles. The first-order chi connectivity index (χ1) is 7.24. The molecule has 3 nitrogen and oxygen atoms in total. The zero-order valence-electron chi connectivity index (χ0n) is 9.48. The zero-order valence-corrected chi connectivity index (χ0v) is 10.3. The Bertz CT molecular complexity index is 199. The van der Waals surface area contributed by atoms with Crippen LogP contribution in [0.4, 0.5) is 0 Å². The third kappa shape index (κ3) is 4.31. The Kier molecular flexibility index (Phi) is 4.31. The Balaban J connectivity index is 1.61. The SMILES string of the molecule is CC1CN(CC(O)CNC2CC2)CCS1. The van der Waals surface area contributed by atoms with Crippen molar-refractivity contribution in [2.24, 2.45) is 0 Å². The van der Waals surface area contributed by atoms with E-state index in [2.05, 4.69) is 17.1 Å². The summed E-state index contributed by atoms with van der Waals surface area (Å²) >= 11 is 2.04. The van der Waals surface area contributed by atoms with E-state index in [0.717, 1.165) is 31.4 Å². The highest BCUT2D eigenvalue weighted by molar-refractivity contribution is 7.99. The van der Waals surface area contributed by atoms with Gasteiger partial charge < -0.3 is 10.4 Å². The van der Waals surface area contributed by atoms with Gasteiger partial charge in [0.2, 0.25) is 0 Å². The van der Waals surface area contributed by atoms with E-state index in [4.69, 9.17) is 0 Å². The smallest absolute Gasteiger partial charge is 0.0791 e. The van der Waals surface area contributed by atoms with Crippen molar-refractivity contribution in [3.8, 4) is 0 Å². The van der Waals surface area contributed by atoms with Crippen molar-refractivity contribution in [1.29, 1.82) is 0 Å². The maximum Gasteiger partial charge on any atom is 0.0791 e. The van der Waals surface area contributed by atoms with Crippen molar-refractivity contribution in [1.82, 2.24) is 10.2 Å². The fourth-order valence-corrected chi connectivity index (χ4v) is 3.09. The topological polar surface area (TPSA) is 35.5 Å². The molecule has 1 heterocycles. The maximum atomic E-state index is 9.85. The number of aliphatic hydroxyl groups is 1. The van der Waals surface area contributed by atoms with Gasteiger partial charge in [-0.15, -0.1) is 0 Å². The summed E-state index contributed by atoms with van der Waals surface area (Å²) in [6.07, 6.45) is 2.40. The quantitative estimate of drug-likeness (QED) is 0.722. The molecule has 2 atom stereocenters. The molecule has 0 radical (unpaired) electrons. The molecule has 2 fully saturated rings. The minimum Gasteiger partial charge on any atom is -0.390 e. The summed E-state index contributed by atoms with van der Waals surface area (Å²) < 4.78 is 0. The average molecular weight is 230 g/mol. The van der Waals surface area contributed by atoms with Crippen molar-refractivity contribution in [3.05, 3.63) is 0 Å². The molecular formula is C11H22N2OS. The van der Waals surface area contributed by atoms with E-state index in [1.165, 1.54) is 18.6 Å². The lowest BCUT2D eigenvalue weighted by Crippen LogP contribution is -2.44. The lowest BCUT2D eigenvalue weighted by Gasteiger charge is -2.31. The van der Waals surface area contributed by atoms with Crippen molar-refractivity contribution >= 4 is 11.8 Å². The van der Waals surface area contributed by atoms with Crippen LogP contribution < -0.4 is 5.32 Å². The van der Waals surface area contributed by atoms with Crippen molar-refractivity contribution < 1.29 is 5.11 Å². The molecule has 0 bridgehead atoms. The third-order valence-corrected chi connectivity index (χ3v) is 4.15. The highest BCUT2D eigenvalue weighted by Crippen LogP contribution is 2.19. The number of nitrogens with zero attached hydrogens (tertiary/aromatic N) is 1. The molecule has 2 unspecified atom stereocenters. The monoisotopic (exact) mass is 230 g/mol. The summed E-state index contributed by atoms with van der Waals surface area (Å²) in [5.74, 6) is 1.21. The van der Waals surface area contributed by atoms with E-state index < -0.39 is 0 Å². The molecule has 2 rings (SSSR count). The molecule has 0 aromatic heterocycles. The predicted molar refractivity (Wildman–Crippen MR) is 65.4 cm³/mol. The summed E-state index contributed by atoms with van der Waals surface area (Å²) in [5, 5.41) is 14.0. The Labute approximate surface area is 96.6 Å². The van der Waals surface area contributed by atoms with E-state index in [1.54, 1.807) is 0 Å². The van der Waals surface area contributed by atoms with Gasteiger partial charge in [0.1, 0.15) is 0 Å². The molecule has 1 saturated carbocycles. The van der Waals surface area contributed by atoms with Gasteiger partial charge >= 0.3 is 0 Å². The van der Waals surface area contributed by atoms with Crippen LogP contribution in [0.3, 0.4) is 0 Å². The first-order valence-corrected chi connectivity index (χ1v) is 7.04. The Hall–Kier alpha value is 0.230. The zero-order chi connectivity index (χ0) is 10.7. The van der Waals surface area contributed by atoms with Crippen molar-refractivity contribution in [2.45, 2.75) is 37.2 Å². The maximum absolute atomic E-state index is 9.85. The molecule has 0 aromatic carbocycles. The highest BCUT2D eigenvalue weighted by atomic mass is 32.2. The van der Waals surface area contributed by atoms with E-state index in [1.807, 2.05) is 11.8 Å². The van der Waals surface area contributed by atoms with Gasteiger partial charge in [-0.3, -0.25) is 4.90 Å². The van der Waals surface area contributed by atoms with Gasteiger partial charge in [-0.2, -0.15) is 11.8 Å². The lowest BCUT2D eigenvalue weighted by atomic mass is 10.3. The molecule has 2 N–H and O–H groups in total. The van der Waals surface area contributed by atoms with E-state index in [0.29, 0.717) is 6.04 Å². The normalized spacial score (nSPS) is 30.4. The number of rotatable bonds is 5. The van der Waals surface area contributed by atoms with Crippen LogP contribution in [0, 0.1) is 0 Å². The second-order valence-electron chi connectivity index (χ2n) is 4.78. The Morgan fingerprint density at radius 2 is 2.33 bits per heavy atom. The summed E-state index contributed by atoms with van der Waals surface area (Å²) in [6.45, 7) is 6.14. The molecule has 0 amide bonds. The molecule has 2 aliphatic rings. The Morgan fingerprint density at radius 3 is 3.00 bits per heavy atom. The van der Waals surface area contributed by atoms with Crippen molar-refractivity contribution in [2.75, 3.05) is 31.9 Å². The van der Waals surface area contributed by atoms with Crippen LogP contribution in [0.25, 0.3) is 0 Å². The molecule has 0 spiro atoms. The minimum absolute atomic E-state index is 0.194. The van der Waals surface area contributed by atoms with Gasteiger partial charge in [0.15, 0.2) is 0 Å². The van der Waals surface area contributed by atoms with Gasteiger partial charge in [-0.05, 0) is 12.8 Å². The molecule has 15 heavy (non-hydrogen) atoms. The third-order valence-electron chi connectivity index (χ3n) is 3.01. The van der Waals surface area contributed by atoms with Crippen LogP contribution >= 0.6 is 11.8 Å². The molecule has 0 aromatic rings. The number of hydrogen-bond donors (Lipinski definition) is 2.